The van der Waals surface area contributed by atoms with Gasteiger partial charge in [0.1, 0.15) is 19.0 Å². The second-order valence-corrected chi connectivity index (χ2v) is 10.4. The van der Waals surface area contributed by atoms with Crippen molar-refractivity contribution >= 4 is 17.6 Å². The number of amides is 1. The van der Waals surface area contributed by atoms with Crippen LogP contribution in [0, 0.1) is 0 Å². The first kappa shape index (κ1) is 41.7. The zero-order valence-electron chi connectivity index (χ0n) is 28.3. The summed E-state index contributed by atoms with van der Waals surface area (Å²) in [6, 6.07) is 7.17. The maximum Gasteiger partial charge on any atom is 0.305 e. The number of unbranched alkanes of at least 4 members (excludes halogenated alkanes) is 6. The average molecular weight is 658 g/mol. The minimum Gasteiger partial charge on any atom is -0.491 e. The van der Waals surface area contributed by atoms with E-state index in [1.807, 2.05) is 0 Å². The van der Waals surface area contributed by atoms with Crippen molar-refractivity contribution in [2.24, 2.45) is 0 Å². The summed E-state index contributed by atoms with van der Waals surface area (Å²) < 4.78 is 49.1. The average Bonchev–Trinajstić information content (AvgIpc) is 3.04. The number of esters is 1. The van der Waals surface area contributed by atoms with Crippen LogP contribution in [0.2, 0.25) is 0 Å². The Kier molecular flexibility index (Phi) is 29.6. The number of anilines is 1. The summed E-state index contributed by atoms with van der Waals surface area (Å²) in [5, 5.41) is 2.71. The van der Waals surface area contributed by atoms with Crippen LogP contribution in [-0.2, 0) is 47.5 Å². The van der Waals surface area contributed by atoms with Gasteiger partial charge in [0.05, 0.1) is 92.5 Å². The second-order valence-electron chi connectivity index (χ2n) is 10.4. The van der Waals surface area contributed by atoms with Gasteiger partial charge in [-0.1, -0.05) is 45.4 Å². The molecule has 0 saturated carbocycles. The van der Waals surface area contributed by atoms with Crippen molar-refractivity contribution in [2.45, 2.75) is 65.2 Å². The molecular weight excluding hydrogens is 598 g/mol. The molecule has 0 aliphatic heterocycles. The molecule has 1 N–H and O–H groups in total. The lowest BCUT2D eigenvalue weighted by molar-refractivity contribution is -0.145. The monoisotopic (exact) mass is 657 g/mol. The van der Waals surface area contributed by atoms with E-state index in [1.165, 1.54) is 39.0 Å². The van der Waals surface area contributed by atoms with Crippen molar-refractivity contribution in [3.63, 3.8) is 0 Å². The Morgan fingerprint density at radius 2 is 0.913 bits per heavy atom. The van der Waals surface area contributed by atoms with Gasteiger partial charge in [0, 0.05) is 19.0 Å². The van der Waals surface area contributed by atoms with Crippen LogP contribution in [0.3, 0.4) is 0 Å². The van der Waals surface area contributed by atoms with Crippen LogP contribution in [0.5, 0.6) is 5.75 Å². The molecule has 0 aromatic heterocycles. The minimum absolute atomic E-state index is 0.108. The molecular formula is C34H59NO11. The number of carbonyl (C=O) groups is 2. The highest BCUT2D eigenvalue weighted by Crippen LogP contribution is 2.15. The SMILES string of the molecule is CCCCCCCCCC(=O)OCCOCCOCCOCCOCCOCCOCCOCCOc1ccc(NC(C)=O)cc1. The van der Waals surface area contributed by atoms with Gasteiger partial charge in [0.15, 0.2) is 0 Å². The highest BCUT2D eigenvalue weighted by Gasteiger charge is 2.03. The third kappa shape index (κ3) is 29.1. The van der Waals surface area contributed by atoms with Crippen molar-refractivity contribution in [3.05, 3.63) is 24.3 Å². The summed E-state index contributed by atoms with van der Waals surface area (Å²) in [6.07, 6.45) is 8.78. The molecule has 0 saturated heterocycles. The number of nitrogens with one attached hydrogen (secondary N) is 1. The van der Waals surface area contributed by atoms with Crippen LogP contribution in [0.4, 0.5) is 5.69 Å². The van der Waals surface area contributed by atoms with Crippen LogP contribution in [0.15, 0.2) is 24.3 Å². The summed E-state index contributed by atoms with van der Waals surface area (Å²) >= 11 is 0. The summed E-state index contributed by atoms with van der Waals surface area (Å²) in [5.41, 5.74) is 0.731. The van der Waals surface area contributed by atoms with Crippen molar-refractivity contribution in [2.75, 3.05) is 111 Å². The largest absolute Gasteiger partial charge is 0.491 e. The molecule has 1 aromatic rings. The van der Waals surface area contributed by atoms with Gasteiger partial charge in [0.25, 0.3) is 0 Å². The van der Waals surface area contributed by atoms with Crippen LogP contribution in [0.25, 0.3) is 0 Å². The summed E-state index contributed by atoms with van der Waals surface area (Å²) in [5.74, 6) is 0.464. The van der Waals surface area contributed by atoms with Crippen LogP contribution >= 0.6 is 0 Å². The Morgan fingerprint density at radius 1 is 0.522 bits per heavy atom. The van der Waals surface area contributed by atoms with Gasteiger partial charge in [-0.3, -0.25) is 9.59 Å². The number of hydrogen-bond acceptors (Lipinski definition) is 11. The predicted octanol–water partition coefficient (Wildman–Crippen LogP) is 4.82. The lowest BCUT2D eigenvalue weighted by atomic mass is 10.1. The highest BCUT2D eigenvalue weighted by atomic mass is 16.6. The molecule has 0 heterocycles. The van der Waals surface area contributed by atoms with E-state index in [-0.39, 0.29) is 18.5 Å². The van der Waals surface area contributed by atoms with Crippen LogP contribution < -0.4 is 10.1 Å². The maximum atomic E-state index is 11.7. The Morgan fingerprint density at radius 3 is 1.35 bits per heavy atom. The number of carbonyl (C=O) groups excluding carboxylic acids is 2. The quantitative estimate of drug-likeness (QED) is 0.0809. The third-order valence-electron chi connectivity index (χ3n) is 6.38. The lowest BCUT2D eigenvalue weighted by Crippen LogP contribution is -2.15. The topological polar surface area (TPSA) is 129 Å². The molecule has 0 unspecified atom stereocenters. The molecule has 1 rings (SSSR count). The summed E-state index contributed by atoms with van der Waals surface area (Å²) in [4.78, 5) is 22.7. The molecule has 0 aliphatic carbocycles. The first-order valence-electron chi connectivity index (χ1n) is 16.8. The fraction of sp³-hybridized carbons (Fsp3) is 0.765. The number of ether oxygens (including phenoxy) is 9. The van der Waals surface area contributed by atoms with Gasteiger partial charge in [-0.15, -0.1) is 0 Å². The van der Waals surface area contributed by atoms with E-state index in [9.17, 15) is 9.59 Å². The van der Waals surface area contributed by atoms with Gasteiger partial charge in [-0.2, -0.15) is 0 Å². The lowest BCUT2D eigenvalue weighted by Gasteiger charge is -2.09. The van der Waals surface area contributed by atoms with Gasteiger partial charge in [-0.25, -0.2) is 0 Å². The zero-order valence-corrected chi connectivity index (χ0v) is 28.3. The molecule has 12 heteroatoms. The molecule has 0 spiro atoms. The first-order valence-corrected chi connectivity index (χ1v) is 16.8. The Bertz CT molecular complexity index is 826. The minimum atomic E-state index is -0.143. The molecule has 46 heavy (non-hydrogen) atoms. The molecule has 1 aromatic carbocycles. The molecule has 0 bridgehead atoms. The Balaban J connectivity index is 1.69. The van der Waals surface area contributed by atoms with Gasteiger partial charge in [-0.05, 0) is 30.7 Å². The Hall–Kier alpha value is -2.32. The number of hydrogen-bond donors (Lipinski definition) is 1. The smallest absolute Gasteiger partial charge is 0.305 e. The molecule has 0 atom stereocenters. The van der Waals surface area contributed by atoms with E-state index in [0.717, 1.165) is 18.5 Å². The highest BCUT2D eigenvalue weighted by molar-refractivity contribution is 5.88. The van der Waals surface area contributed by atoms with E-state index < -0.39 is 0 Å². The van der Waals surface area contributed by atoms with Crippen molar-refractivity contribution < 1.29 is 52.2 Å². The maximum absolute atomic E-state index is 11.7. The molecule has 0 radical (unpaired) electrons. The van der Waals surface area contributed by atoms with E-state index >= 15 is 0 Å². The number of benzene rings is 1. The van der Waals surface area contributed by atoms with Gasteiger partial charge >= 0.3 is 5.97 Å². The summed E-state index contributed by atoms with van der Waals surface area (Å²) in [6.45, 7) is 11.0. The molecule has 266 valence electrons. The third-order valence-corrected chi connectivity index (χ3v) is 6.38. The predicted molar refractivity (Wildman–Crippen MR) is 176 cm³/mol. The Labute approximate surface area is 276 Å². The normalized spacial score (nSPS) is 11.1. The van der Waals surface area contributed by atoms with E-state index in [1.54, 1.807) is 24.3 Å². The van der Waals surface area contributed by atoms with Gasteiger partial charge < -0.3 is 47.9 Å². The molecule has 0 aliphatic rings. The van der Waals surface area contributed by atoms with Crippen molar-refractivity contribution in [1.29, 1.82) is 0 Å². The van der Waals surface area contributed by atoms with Crippen LogP contribution in [-0.4, -0.2) is 118 Å². The van der Waals surface area contributed by atoms with Crippen LogP contribution in [0.1, 0.15) is 65.2 Å². The molecule has 12 nitrogen and oxygen atoms in total. The van der Waals surface area contributed by atoms with E-state index in [0.29, 0.717) is 111 Å². The molecule has 1 amide bonds. The standard InChI is InChI=1S/C34H59NO11/c1-3-4-5-6-7-8-9-10-34(37)46-30-28-44-26-24-42-22-20-40-18-16-38-15-17-39-19-21-41-23-25-43-27-29-45-33-13-11-32(12-14-33)35-31(2)36/h11-14H,3-10,15-30H2,1-2H3,(H,35,36). The van der Waals surface area contributed by atoms with Crippen molar-refractivity contribution in [3.8, 4) is 5.75 Å². The zero-order chi connectivity index (χ0) is 33.2. The molecule has 0 fully saturated rings. The van der Waals surface area contributed by atoms with E-state index in [4.69, 9.17) is 42.6 Å². The fourth-order valence-corrected chi connectivity index (χ4v) is 3.99. The summed E-state index contributed by atoms with van der Waals surface area (Å²) in [7, 11) is 0. The fourth-order valence-electron chi connectivity index (χ4n) is 3.99. The first-order chi connectivity index (χ1) is 22.6. The van der Waals surface area contributed by atoms with E-state index in [2.05, 4.69) is 12.2 Å². The van der Waals surface area contributed by atoms with Crippen molar-refractivity contribution in [1.82, 2.24) is 0 Å². The number of rotatable bonds is 34. The second kappa shape index (κ2) is 32.6. The van der Waals surface area contributed by atoms with Gasteiger partial charge in [0.2, 0.25) is 5.91 Å².